The predicted molar refractivity (Wildman–Crippen MR) is 131 cm³/mol. The van der Waals surface area contributed by atoms with E-state index in [1.807, 2.05) is 12.1 Å². The molecule has 1 aliphatic rings. The van der Waals surface area contributed by atoms with Crippen molar-refractivity contribution < 1.29 is 10.0 Å². The molecule has 0 atom stereocenters. The highest BCUT2D eigenvalue weighted by Crippen LogP contribution is 2.29. The van der Waals surface area contributed by atoms with Gasteiger partial charge in [-0.2, -0.15) is 0 Å². The monoisotopic (exact) mass is 443 g/mol. The van der Waals surface area contributed by atoms with Crippen LogP contribution in [0.4, 0.5) is 0 Å². The van der Waals surface area contributed by atoms with E-state index < -0.39 is 5.91 Å². The quantitative estimate of drug-likeness (QED) is 0.290. The second-order valence-corrected chi connectivity index (χ2v) is 8.70. The van der Waals surface area contributed by atoms with Gasteiger partial charge >= 0.3 is 0 Å². The summed E-state index contributed by atoms with van der Waals surface area (Å²) >= 11 is 0. The van der Waals surface area contributed by atoms with Crippen molar-refractivity contribution in [3.8, 4) is 0 Å². The van der Waals surface area contributed by atoms with Crippen LogP contribution in [0.5, 0.6) is 0 Å². The van der Waals surface area contributed by atoms with Crippen LogP contribution in [0.1, 0.15) is 45.9 Å². The molecular weight excluding hydrogens is 410 g/mol. The van der Waals surface area contributed by atoms with E-state index in [1.165, 1.54) is 23.1 Å². The molecular formula is C28H33N3O2. The zero-order valence-corrected chi connectivity index (χ0v) is 19.1. The molecule has 1 fully saturated rings. The van der Waals surface area contributed by atoms with Crippen molar-refractivity contribution in [2.24, 2.45) is 0 Å². The molecule has 5 nitrogen and oxygen atoms in total. The third-order valence-corrected chi connectivity index (χ3v) is 6.51. The minimum absolute atomic E-state index is 0.311. The van der Waals surface area contributed by atoms with Crippen LogP contribution >= 0.6 is 0 Å². The predicted octanol–water partition coefficient (Wildman–Crippen LogP) is 4.54. The maximum Gasteiger partial charge on any atom is 0.274 e. The van der Waals surface area contributed by atoms with Gasteiger partial charge in [-0.15, -0.1) is 0 Å². The number of aryl methyl sites for hydroxylation is 1. The second kappa shape index (κ2) is 11.8. The summed E-state index contributed by atoms with van der Waals surface area (Å²) in [6, 6.07) is 29.5. The fourth-order valence-corrected chi connectivity index (χ4v) is 4.68. The summed E-state index contributed by atoms with van der Waals surface area (Å²) in [5.74, 6) is -0.470. The number of nitrogens with one attached hydrogen (secondary N) is 1. The Morgan fingerprint density at radius 2 is 1.36 bits per heavy atom. The summed E-state index contributed by atoms with van der Waals surface area (Å²) in [4.78, 5) is 16.6. The van der Waals surface area contributed by atoms with Gasteiger partial charge in [0.15, 0.2) is 0 Å². The first-order valence-corrected chi connectivity index (χ1v) is 11.8. The third kappa shape index (κ3) is 6.29. The molecule has 172 valence electrons. The second-order valence-electron chi connectivity index (χ2n) is 8.70. The van der Waals surface area contributed by atoms with E-state index in [4.69, 9.17) is 5.21 Å². The molecule has 0 saturated carbocycles. The number of rotatable bonds is 9. The molecule has 0 aliphatic carbocycles. The SMILES string of the molecule is O=C(NO)c1ccc(CCCCN2CCN(C(c3ccccc3)c3ccccc3)CC2)cc1. The summed E-state index contributed by atoms with van der Waals surface area (Å²) in [6.07, 6.45) is 3.30. The van der Waals surface area contributed by atoms with Crippen LogP contribution in [0.25, 0.3) is 0 Å². The summed E-state index contributed by atoms with van der Waals surface area (Å²) in [5, 5.41) is 8.71. The normalized spacial score (nSPS) is 15.0. The average molecular weight is 444 g/mol. The van der Waals surface area contributed by atoms with Crippen molar-refractivity contribution >= 4 is 5.91 Å². The number of amides is 1. The van der Waals surface area contributed by atoms with Crippen LogP contribution in [0, 0.1) is 0 Å². The lowest BCUT2D eigenvalue weighted by Crippen LogP contribution is -2.48. The third-order valence-electron chi connectivity index (χ3n) is 6.51. The molecule has 0 radical (unpaired) electrons. The number of piperazine rings is 1. The lowest BCUT2D eigenvalue weighted by Gasteiger charge is -2.39. The van der Waals surface area contributed by atoms with Crippen molar-refractivity contribution in [1.82, 2.24) is 15.3 Å². The van der Waals surface area contributed by atoms with Crippen LogP contribution in [0.2, 0.25) is 0 Å². The highest BCUT2D eigenvalue weighted by molar-refractivity contribution is 5.93. The molecule has 1 saturated heterocycles. The zero-order chi connectivity index (χ0) is 22.9. The number of carbonyl (C=O) groups is 1. The number of benzene rings is 3. The molecule has 1 heterocycles. The van der Waals surface area contributed by atoms with Crippen LogP contribution in [0.3, 0.4) is 0 Å². The first-order valence-electron chi connectivity index (χ1n) is 11.8. The molecule has 0 bridgehead atoms. The van der Waals surface area contributed by atoms with Crippen LogP contribution in [-0.4, -0.2) is 53.6 Å². The van der Waals surface area contributed by atoms with E-state index >= 15 is 0 Å². The Bertz CT molecular complexity index is 945. The van der Waals surface area contributed by atoms with E-state index in [0.29, 0.717) is 11.6 Å². The fraction of sp³-hybridized carbons (Fsp3) is 0.321. The van der Waals surface area contributed by atoms with E-state index in [9.17, 15) is 4.79 Å². The van der Waals surface area contributed by atoms with Crippen LogP contribution in [0.15, 0.2) is 84.9 Å². The number of unbranched alkanes of at least 4 members (excludes halogenated alkanes) is 1. The molecule has 2 N–H and O–H groups in total. The molecule has 0 unspecified atom stereocenters. The molecule has 0 aromatic heterocycles. The molecule has 1 aliphatic heterocycles. The summed E-state index contributed by atoms with van der Waals surface area (Å²) < 4.78 is 0. The van der Waals surface area contributed by atoms with Gasteiger partial charge in [0.2, 0.25) is 0 Å². The van der Waals surface area contributed by atoms with Gasteiger partial charge in [0, 0.05) is 31.7 Å². The number of hydrogen-bond acceptors (Lipinski definition) is 4. The summed E-state index contributed by atoms with van der Waals surface area (Å²) in [7, 11) is 0. The van der Waals surface area contributed by atoms with Gasteiger partial charge in [-0.05, 0) is 54.6 Å². The molecule has 4 rings (SSSR count). The standard InChI is InChI=1S/C28H33N3O2/c32-28(29-33)26-16-14-23(15-17-26)9-7-8-18-30-19-21-31(22-20-30)27(24-10-3-1-4-11-24)25-12-5-2-6-13-25/h1-6,10-17,27,33H,7-9,18-22H2,(H,29,32). The molecule has 33 heavy (non-hydrogen) atoms. The maximum absolute atomic E-state index is 11.4. The fourth-order valence-electron chi connectivity index (χ4n) is 4.68. The van der Waals surface area contributed by atoms with Gasteiger partial charge in [0.05, 0.1) is 6.04 Å². The van der Waals surface area contributed by atoms with Crippen molar-refractivity contribution in [2.45, 2.75) is 25.3 Å². The average Bonchev–Trinajstić information content (AvgIpc) is 2.89. The van der Waals surface area contributed by atoms with Gasteiger partial charge in [-0.3, -0.25) is 14.9 Å². The van der Waals surface area contributed by atoms with Gasteiger partial charge in [0.1, 0.15) is 0 Å². The van der Waals surface area contributed by atoms with Crippen molar-refractivity contribution in [3.05, 3.63) is 107 Å². The molecule has 0 spiro atoms. The first kappa shape index (κ1) is 23.2. The Balaban J connectivity index is 1.25. The topological polar surface area (TPSA) is 55.8 Å². The summed E-state index contributed by atoms with van der Waals surface area (Å²) in [6.45, 7) is 5.47. The number of hydroxylamine groups is 1. The number of carbonyl (C=O) groups excluding carboxylic acids is 1. The van der Waals surface area contributed by atoms with Crippen molar-refractivity contribution in [2.75, 3.05) is 32.7 Å². The number of hydrogen-bond donors (Lipinski definition) is 2. The van der Waals surface area contributed by atoms with E-state index in [1.54, 1.807) is 17.6 Å². The molecule has 3 aromatic carbocycles. The summed E-state index contributed by atoms with van der Waals surface area (Å²) in [5.41, 5.74) is 6.09. The Morgan fingerprint density at radius 3 is 1.91 bits per heavy atom. The van der Waals surface area contributed by atoms with Crippen molar-refractivity contribution in [3.63, 3.8) is 0 Å². The van der Waals surface area contributed by atoms with Gasteiger partial charge in [-0.1, -0.05) is 72.8 Å². The lowest BCUT2D eigenvalue weighted by molar-refractivity contribution is 0.0706. The molecule has 1 amide bonds. The van der Waals surface area contributed by atoms with Crippen molar-refractivity contribution in [1.29, 1.82) is 0 Å². The molecule has 5 heteroatoms. The van der Waals surface area contributed by atoms with Gasteiger partial charge < -0.3 is 4.90 Å². The number of nitrogens with zero attached hydrogens (tertiary/aromatic N) is 2. The largest absolute Gasteiger partial charge is 0.301 e. The van der Waals surface area contributed by atoms with E-state index in [0.717, 1.165) is 45.6 Å². The minimum Gasteiger partial charge on any atom is -0.301 e. The highest BCUT2D eigenvalue weighted by Gasteiger charge is 2.26. The van der Waals surface area contributed by atoms with E-state index in [2.05, 4.69) is 70.5 Å². The first-order chi connectivity index (χ1) is 16.2. The maximum atomic E-state index is 11.4. The highest BCUT2D eigenvalue weighted by atomic mass is 16.5. The van der Waals surface area contributed by atoms with Gasteiger partial charge in [0.25, 0.3) is 5.91 Å². The Hall–Kier alpha value is -2.99. The van der Waals surface area contributed by atoms with Crippen LogP contribution in [-0.2, 0) is 6.42 Å². The minimum atomic E-state index is -0.470. The molecule has 3 aromatic rings. The smallest absolute Gasteiger partial charge is 0.274 e. The van der Waals surface area contributed by atoms with Crippen LogP contribution < -0.4 is 5.48 Å². The Morgan fingerprint density at radius 1 is 0.788 bits per heavy atom. The van der Waals surface area contributed by atoms with Gasteiger partial charge in [-0.25, -0.2) is 5.48 Å². The Kier molecular flexibility index (Phi) is 8.25. The van der Waals surface area contributed by atoms with E-state index in [-0.39, 0.29) is 0 Å². The zero-order valence-electron chi connectivity index (χ0n) is 19.1. The lowest BCUT2D eigenvalue weighted by atomic mass is 9.96. The Labute approximate surface area is 196 Å².